The lowest BCUT2D eigenvalue weighted by Crippen LogP contribution is -2.65. The lowest BCUT2D eigenvalue weighted by Gasteiger charge is -2.67. The van der Waals surface area contributed by atoms with Crippen molar-refractivity contribution < 1.29 is 44.5 Å². The third-order valence-corrected chi connectivity index (χ3v) is 15.0. The summed E-state index contributed by atoms with van der Waals surface area (Å²) in [4.78, 5) is 0. The lowest BCUT2D eigenvalue weighted by atomic mass is 9.38. The van der Waals surface area contributed by atoms with Crippen molar-refractivity contribution in [1.82, 2.24) is 0 Å². The summed E-state index contributed by atoms with van der Waals surface area (Å²) >= 11 is 0. The van der Waals surface area contributed by atoms with Crippen LogP contribution in [0.4, 0.5) is 0 Å². The van der Waals surface area contributed by atoms with Gasteiger partial charge in [0.25, 0.3) is 0 Å². The van der Waals surface area contributed by atoms with Gasteiger partial charge in [-0.1, -0.05) is 53.2 Å². The Labute approximate surface area is 283 Å². The molecular formula is C38H66O9. The van der Waals surface area contributed by atoms with E-state index in [1.54, 1.807) is 7.11 Å². The van der Waals surface area contributed by atoms with Crippen LogP contribution in [0.15, 0.2) is 11.6 Å². The average Bonchev–Trinajstić information content (AvgIpc) is 3.26. The van der Waals surface area contributed by atoms with Crippen molar-refractivity contribution in [2.75, 3.05) is 20.8 Å². The van der Waals surface area contributed by atoms with Gasteiger partial charge in [-0.3, -0.25) is 0 Å². The molecule has 9 heteroatoms. The topological polar surface area (TPSA) is 138 Å². The van der Waals surface area contributed by atoms with Crippen molar-refractivity contribution >= 4 is 0 Å². The van der Waals surface area contributed by atoms with Crippen molar-refractivity contribution in [2.24, 2.45) is 45.3 Å². The maximum atomic E-state index is 12.3. The minimum Gasteiger partial charge on any atom is -0.394 e. The fraction of sp³-hybridized carbons (Fsp3) is 0.947. The number of allylic oxidation sites excluding steroid dienone is 1. The highest BCUT2D eigenvalue weighted by molar-refractivity contribution is 5.31. The quantitative estimate of drug-likeness (QED) is 0.212. The highest BCUT2D eigenvalue weighted by Gasteiger charge is 2.70. The second-order valence-electron chi connectivity index (χ2n) is 17.8. The first-order valence-corrected chi connectivity index (χ1v) is 18.3. The van der Waals surface area contributed by atoms with Gasteiger partial charge in [-0.05, 0) is 99.7 Å². The Bertz CT molecular complexity index is 1130. The average molecular weight is 667 g/mol. The van der Waals surface area contributed by atoms with Crippen LogP contribution in [0.3, 0.4) is 0 Å². The van der Waals surface area contributed by atoms with Gasteiger partial charge >= 0.3 is 0 Å². The molecule has 0 spiro atoms. The van der Waals surface area contributed by atoms with Gasteiger partial charge in [-0.15, -0.1) is 0 Å². The van der Waals surface area contributed by atoms with Crippen LogP contribution in [0.25, 0.3) is 0 Å². The molecule has 0 amide bonds. The van der Waals surface area contributed by atoms with Gasteiger partial charge < -0.3 is 44.5 Å². The van der Waals surface area contributed by atoms with E-state index < -0.39 is 42.4 Å². The van der Waals surface area contributed by atoms with E-state index in [2.05, 4.69) is 47.6 Å². The molecule has 0 aromatic heterocycles. The van der Waals surface area contributed by atoms with E-state index in [1.807, 2.05) is 13.8 Å². The summed E-state index contributed by atoms with van der Waals surface area (Å²) in [5.74, 6) is 1.51. The number of hydrogen-bond donors (Lipinski definition) is 5. The molecule has 272 valence electrons. The predicted molar refractivity (Wildman–Crippen MR) is 179 cm³/mol. The van der Waals surface area contributed by atoms with Crippen molar-refractivity contribution in [3.63, 3.8) is 0 Å². The Balaban J connectivity index is 1.36. The molecule has 4 aliphatic carbocycles. The number of hydrogen-bond acceptors (Lipinski definition) is 9. The summed E-state index contributed by atoms with van der Waals surface area (Å²) in [6.45, 7) is 17.4. The summed E-state index contributed by atoms with van der Waals surface area (Å²) in [6.07, 6.45) is 3.70. The minimum atomic E-state index is -1.30. The molecule has 4 fully saturated rings. The van der Waals surface area contributed by atoms with E-state index in [-0.39, 0.29) is 46.4 Å². The molecule has 5 aliphatic rings. The van der Waals surface area contributed by atoms with E-state index in [1.165, 1.54) is 12.7 Å². The van der Waals surface area contributed by atoms with Crippen LogP contribution in [-0.4, -0.2) is 101 Å². The van der Waals surface area contributed by atoms with E-state index in [4.69, 9.17) is 18.9 Å². The smallest absolute Gasteiger partial charge is 0.187 e. The molecule has 0 aromatic carbocycles. The van der Waals surface area contributed by atoms with Gasteiger partial charge in [0.05, 0.1) is 30.5 Å². The molecule has 2 unspecified atom stereocenters. The molecular weight excluding hydrogens is 600 g/mol. The fourth-order valence-corrected chi connectivity index (χ4v) is 11.9. The molecule has 0 bridgehead atoms. The zero-order chi connectivity index (χ0) is 34.9. The molecule has 3 saturated carbocycles. The first kappa shape index (κ1) is 37.6. The third kappa shape index (κ3) is 5.89. The van der Waals surface area contributed by atoms with Crippen molar-refractivity contribution in [1.29, 1.82) is 0 Å². The number of aliphatic hydroxyl groups is 5. The van der Waals surface area contributed by atoms with Crippen molar-refractivity contribution in [2.45, 2.75) is 161 Å². The summed E-state index contributed by atoms with van der Waals surface area (Å²) in [5, 5.41) is 54.4. The van der Waals surface area contributed by atoms with Crippen LogP contribution >= 0.6 is 0 Å². The minimum absolute atomic E-state index is 0.00703. The molecule has 9 nitrogen and oxygen atoms in total. The maximum Gasteiger partial charge on any atom is 0.187 e. The first-order valence-electron chi connectivity index (χ1n) is 18.3. The molecule has 5 N–H and O–H groups in total. The zero-order valence-corrected chi connectivity index (χ0v) is 30.7. The summed E-state index contributed by atoms with van der Waals surface area (Å²) in [5.41, 5.74) is -0.125. The number of fused-ring (bicyclic) bond motifs is 5. The van der Waals surface area contributed by atoms with Crippen LogP contribution in [0.5, 0.6) is 0 Å². The van der Waals surface area contributed by atoms with Gasteiger partial charge in [-0.25, -0.2) is 0 Å². The number of rotatable bonds is 10. The molecule has 0 aromatic rings. The Kier molecular flexibility index (Phi) is 10.5. The first-order chi connectivity index (χ1) is 21.8. The Morgan fingerprint density at radius 2 is 1.66 bits per heavy atom. The maximum absolute atomic E-state index is 12.3. The highest BCUT2D eigenvalue weighted by Crippen LogP contribution is 2.75. The number of aliphatic hydroxyl groups excluding tert-OH is 4. The second-order valence-corrected chi connectivity index (χ2v) is 17.8. The van der Waals surface area contributed by atoms with Gasteiger partial charge in [0.1, 0.15) is 24.4 Å². The number of ether oxygens (including phenoxy) is 4. The van der Waals surface area contributed by atoms with Gasteiger partial charge in [0.2, 0.25) is 0 Å². The predicted octanol–water partition coefficient (Wildman–Crippen LogP) is 4.60. The van der Waals surface area contributed by atoms with E-state index in [0.29, 0.717) is 17.8 Å². The summed E-state index contributed by atoms with van der Waals surface area (Å²) in [6, 6.07) is 0. The molecule has 5 rings (SSSR count). The van der Waals surface area contributed by atoms with Crippen molar-refractivity contribution in [3.05, 3.63) is 11.6 Å². The highest BCUT2D eigenvalue weighted by atomic mass is 16.7. The van der Waals surface area contributed by atoms with E-state index in [0.717, 1.165) is 51.4 Å². The lowest BCUT2D eigenvalue weighted by molar-refractivity contribution is -0.323. The van der Waals surface area contributed by atoms with Crippen LogP contribution in [-0.2, 0) is 18.9 Å². The summed E-state index contributed by atoms with van der Waals surface area (Å²) in [7, 11) is 3.11. The molecule has 1 saturated heterocycles. The van der Waals surface area contributed by atoms with Gasteiger partial charge in [-0.2, -0.15) is 0 Å². The summed E-state index contributed by atoms with van der Waals surface area (Å²) < 4.78 is 23.4. The van der Waals surface area contributed by atoms with Gasteiger partial charge in [0.15, 0.2) is 6.29 Å². The standard InChI is InChI=1S/C38H66O9/c1-21(11-15-29(44-9)35(4,5)43)22-17-18-36(6)26-14-12-23-24(38(26,8)27(40)19-37(22,36)7)13-16-28(34(23,2)3)47-33-31(42)30(41)32(45-10)25(20-39)46-33/h12,21-22,24-33,39-43H,11,13-20H2,1-10H3/t21-,22-,24-,25?,26+,27-,28+,29-,30-,31?,32-,33+,36+,37-,38+/m1/s1. The zero-order valence-electron chi connectivity index (χ0n) is 30.7. The molecule has 0 radical (unpaired) electrons. The van der Waals surface area contributed by atoms with E-state index >= 15 is 0 Å². The van der Waals surface area contributed by atoms with Crippen LogP contribution in [0.1, 0.15) is 107 Å². The van der Waals surface area contributed by atoms with Crippen LogP contribution < -0.4 is 0 Å². The molecule has 15 atom stereocenters. The fourth-order valence-electron chi connectivity index (χ4n) is 11.9. The molecule has 1 aliphatic heterocycles. The van der Waals surface area contributed by atoms with E-state index in [9.17, 15) is 25.5 Å². The van der Waals surface area contributed by atoms with Crippen LogP contribution in [0.2, 0.25) is 0 Å². The SMILES string of the molecule is CO[C@@H]1C(CO)O[C@@H](O[C@H]2CC[C@@H]3C(=CC[C@@H]4[C@@]3(C)[C@H](O)C[C@]3(C)[C@@H]([C@H](C)CC[C@@H](OC)C(C)(C)O)CC[C@@]43C)C2(C)C)C(O)[C@H]1O. The number of methoxy groups -OCH3 is 2. The monoisotopic (exact) mass is 666 g/mol. The Hall–Kier alpha value is -0.620. The molecule has 1 heterocycles. The largest absolute Gasteiger partial charge is 0.394 e. The van der Waals surface area contributed by atoms with Crippen molar-refractivity contribution in [3.8, 4) is 0 Å². The third-order valence-electron chi connectivity index (χ3n) is 15.0. The Morgan fingerprint density at radius 3 is 2.26 bits per heavy atom. The second kappa shape index (κ2) is 13.2. The normalized spacial score (nSPS) is 47.8. The molecule has 47 heavy (non-hydrogen) atoms. The van der Waals surface area contributed by atoms with Crippen LogP contribution in [0, 0.1) is 45.3 Å². The Morgan fingerprint density at radius 1 is 0.979 bits per heavy atom. The van der Waals surface area contributed by atoms with Gasteiger partial charge in [0, 0.05) is 25.0 Å².